The first-order chi connectivity index (χ1) is 11.7. The highest BCUT2D eigenvalue weighted by Gasteiger charge is 2.23. The lowest BCUT2D eigenvalue weighted by Crippen LogP contribution is -2.36. The molecule has 2 aliphatic heterocycles. The summed E-state index contributed by atoms with van der Waals surface area (Å²) in [5.74, 6) is 0.494. The summed E-state index contributed by atoms with van der Waals surface area (Å²) in [5.41, 5.74) is 3.93. The van der Waals surface area contributed by atoms with Crippen LogP contribution in [-0.2, 0) is 17.7 Å². The number of benzene rings is 1. The van der Waals surface area contributed by atoms with Crippen molar-refractivity contribution in [1.29, 1.82) is 0 Å². The van der Waals surface area contributed by atoms with Crippen LogP contribution >= 0.6 is 0 Å². The molecule has 0 spiro atoms. The van der Waals surface area contributed by atoms with Gasteiger partial charge in [0.25, 0.3) is 5.91 Å². The number of pyridine rings is 1. The van der Waals surface area contributed by atoms with Crippen molar-refractivity contribution >= 4 is 5.91 Å². The van der Waals surface area contributed by atoms with E-state index in [4.69, 9.17) is 4.74 Å². The van der Waals surface area contributed by atoms with E-state index in [1.807, 2.05) is 29.2 Å². The van der Waals surface area contributed by atoms with Crippen molar-refractivity contribution in [2.24, 2.45) is 0 Å². The monoisotopic (exact) mass is 324 g/mol. The van der Waals surface area contributed by atoms with Crippen LogP contribution in [0.2, 0.25) is 0 Å². The number of nitrogens with zero attached hydrogens (tertiary/aromatic N) is 1. The Kier molecular flexibility index (Phi) is 3.94. The summed E-state index contributed by atoms with van der Waals surface area (Å²) in [6.07, 6.45) is 3.50. The number of nitrogens with one attached hydrogen (secondary N) is 1. The van der Waals surface area contributed by atoms with Gasteiger partial charge in [-0.15, -0.1) is 0 Å². The average Bonchev–Trinajstić information content (AvgIpc) is 3.15. The molecule has 1 aromatic carbocycles. The maximum atomic E-state index is 12.7. The number of carbonyl (C=O) groups excluding carboxylic acids is 1. The molecule has 0 radical (unpaired) electrons. The van der Waals surface area contributed by atoms with Gasteiger partial charge in [0, 0.05) is 43.4 Å². The molecule has 1 atom stereocenters. The first-order valence-corrected chi connectivity index (χ1v) is 8.38. The predicted octanol–water partition coefficient (Wildman–Crippen LogP) is 2.08. The molecule has 5 heteroatoms. The second kappa shape index (κ2) is 6.24. The van der Waals surface area contributed by atoms with Gasteiger partial charge in [0.05, 0.1) is 6.61 Å². The standard InChI is InChI=1S/C19H20N2O3/c22-18-9-15-5-7-21(11-17(15)10-20-18)19(23)14-3-1-13(2-4-14)16-6-8-24-12-16/h1-4,9-10,16H,5-8,11-12H2,(H,20,22). The quantitative estimate of drug-likeness (QED) is 0.920. The highest BCUT2D eigenvalue weighted by molar-refractivity contribution is 5.94. The zero-order valence-corrected chi connectivity index (χ0v) is 13.5. The molecule has 0 aliphatic carbocycles. The Morgan fingerprint density at radius 2 is 2.04 bits per heavy atom. The van der Waals surface area contributed by atoms with Gasteiger partial charge in [-0.05, 0) is 41.7 Å². The number of hydrogen-bond acceptors (Lipinski definition) is 3. The Balaban J connectivity index is 1.49. The predicted molar refractivity (Wildman–Crippen MR) is 90.1 cm³/mol. The van der Waals surface area contributed by atoms with Crippen LogP contribution in [0.15, 0.2) is 41.3 Å². The summed E-state index contributed by atoms with van der Waals surface area (Å²) in [5, 5.41) is 0. The van der Waals surface area contributed by atoms with E-state index in [2.05, 4.69) is 4.98 Å². The Morgan fingerprint density at radius 1 is 1.21 bits per heavy atom. The van der Waals surface area contributed by atoms with E-state index in [1.54, 1.807) is 12.3 Å². The van der Waals surface area contributed by atoms with Crippen molar-refractivity contribution in [1.82, 2.24) is 9.88 Å². The molecule has 2 aromatic rings. The van der Waals surface area contributed by atoms with Crippen LogP contribution in [0, 0.1) is 0 Å². The van der Waals surface area contributed by atoms with Crippen LogP contribution in [-0.4, -0.2) is 35.5 Å². The Labute approximate surface area is 140 Å². The van der Waals surface area contributed by atoms with Crippen molar-refractivity contribution in [2.75, 3.05) is 19.8 Å². The first kappa shape index (κ1) is 15.1. The third-order valence-electron chi connectivity index (χ3n) is 4.96. The minimum absolute atomic E-state index is 0.0427. The third-order valence-corrected chi connectivity index (χ3v) is 4.96. The summed E-state index contributed by atoms with van der Waals surface area (Å²) >= 11 is 0. The molecule has 1 amide bonds. The fraction of sp³-hybridized carbons (Fsp3) is 0.368. The van der Waals surface area contributed by atoms with Gasteiger partial charge in [-0.3, -0.25) is 9.59 Å². The molecule has 0 bridgehead atoms. The minimum Gasteiger partial charge on any atom is -0.381 e. The Morgan fingerprint density at radius 3 is 2.79 bits per heavy atom. The molecule has 1 aromatic heterocycles. The van der Waals surface area contributed by atoms with Gasteiger partial charge < -0.3 is 14.6 Å². The third kappa shape index (κ3) is 2.87. The molecule has 3 heterocycles. The van der Waals surface area contributed by atoms with Crippen molar-refractivity contribution in [3.8, 4) is 0 Å². The van der Waals surface area contributed by atoms with Crippen molar-refractivity contribution in [3.63, 3.8) is 0 Å². The van der Waals surface area contributed by atoms with Gasteiger partial charge in [0.15, 0.2) is 0 Å². The number of hydrogen-bond donors (Lipinski definition) is 1. The van der Waals surface area contributed by atoms with Crippen molar-refractivity contribution in [3.05, 3.63) is 69.1 Å². The molecule has 1 saturated heterocycles. The number of fused-ring (bicyclic) bond motifs is 1. The highest BCUT2D eigenvalue weighted by Crippen LogP contribution is 2.26. The molecule has 4 rings (SSSR count). The normalized spacial score (nSPS) is 20.0. The summed E-state index contributed by atoms with van der Waals surface area (Å²) in [6.45, 7) is 2.78. The molecular formula is C19H20N2O3. The van der Waals surface area contributed by atoms with Gasteiger partial charge in [0.2, 0.25) is 5.56 Å². The summed E-state index contributed by atoms with van der Waals surface area (Å²) in [6, 6.07) is 9.55. The molecule has 1 N–H and O–H groups in total. The van der Waals surface area contributed by atoms with Gasteiger partial charge in [-0.1, -0.05) is 12.1 Å². The average molecular weight is 324 g/mol. The van der Waals surface area contributed by atoms with E-state index >= 15 is 0 Å². The van der Waals surface area contributed by atoms with E-state index in [1.165, 1.54) is 5.56 Å². The second-order valence-electron chi connectivity index (χ2n) is 6.51. The number of amides is 1. The fourth-order valence-corrected chi connectivity index (χ4v) is 3.51. The van der Waals surface area contributed by atoms with E-state index in [0.29, 0.717) is 24.6 Å². The Bertz CT molecular complexity index is 804. The number of carbonyl (C=O) groups is 1. The van der Waals surface area contributed by atoms with Gasteiger partial charge >= 0.3 is 0 Å². The lowest BCUT2D eigenvalue weighted by atomic mass is 9.97. The summed E-state index contributed by atoms with van der Waals surface area (Å²) in [4.78, 5) is 28.6. The molecule has 24 heavy (non-hydrogen) atoms. The fourth-order valence-electron chi connectivity index (χ4n) is 3.51. The smallest absolute Gasteiger partial charge is 0.254 e. The van der Waals surface area contributed by atoms with Crippen LogP contribution in [0.1, 0.15) is 39.4 Å². The number of ether oxygens (including phenoxy) is 1. The summed E-state index contributed by atoms with van der Waals surface area (Å²) < 4.78 is 5.43. The highest BCUT2D eigenvalue weighted by atomic mass is 16.5. The lowest BCUT2D eigenvalue weighted by molar-refractivity contribution is 0.0734. The maximum Gasteiger partial charge on any atom is 0.254 e. The van der Waals surface area contributed by atoms with Crippen molar-refractivity contribution in [2.45, 2.75) is 25.3 Å². The molecular weight excluding hydrogens is 304 g/mol. The van der Waals surface area contributed by atoms with E-state index < -0.39 is 0 Å². The molecule has 124 valence electrons. The number of aromatic nitrogens is 1. The number of H-pyrrole nitrogens is 1. The van der Waals surface area contributed by atoms with Crippen LogP contribution in [0.5, 0.6) is 0 Å². The van der Waals surface area contributed by atoms with Crippen LogP contribution in [0.25, 0.3) is 0 Å². The van der Waals surface area contributed by atoms with Gasteiger partial charge in [-0.25, -0.2) is 0 Å². The first-order valence-electron chi connectivity index (χ1n) is 8.38. The molecule has 1 fully saturated rings. The lowest BCUT2D eigenvalue weighted by Gasteiger charge is -2.28. The minimum atomic E-state index is -0.0833. The zero-order chi connectivity index (χ0) is 16.5. The van der Waals surface area contributed by atoms with Gasteiger partial charge in [0.1, 0.15) is 0 Å². The molecule has 1 unspecified atom stereocenters. The molecule has 0 saturated carbocycles. The molecule has 2 aliphatic rings. The zero-order valence-electron chi connectivity index (χ0n) is 13.5. The maximum absolute atomic E-state index is 12.7. The van der Waals surface area contributed by atoms with Crippen LogP contribution in [0.3, 0.4) is 0 Å². The van der Waals surface area contributed by atoms with Crippen molar-refractivity contribution < 1.29 is 9.53 Å². The van der Waals surface area contributed by atoms with Crippen LogP contribution < -0.4 is 5.56 Å². The van der Waals surface area contributed by atoms with E-state index in [9.17, 15) is 9.59 Å². The summed E-state index contributed by atoms with van der Waals surface area (Å²) in [7, 11) is 0. The Hall–Kier alpha value is -2.40. The van der Waals surface area contributed by atoms with Crippen LogP contribution in [0.4, 0.5) is 0 Å². The van der Waals surface area contributed by atoms with Gasteiger partial charge in [-0.2, -0.15) is 0 Å². The van der Waals surface area contributed by atoms with E-state index in [-0.39, 0.29) is 11.5 Å². The second-order valence-corrected chi connectivity index (χ2v) is 6.51. The number of aromatic amines is 1. The molecule has 5 nitrogen and oxygen atoms in total. The topological polar surface area (TPSA) is 62.4 Å². The van der Waals surface area contributed by atoms with E-state index in [0.717, 1.165) is 37.2 Å². The largest absolute Gasteiger partial charge is 0.381 e. The SMILES string of the molecule is O=C(c1ccc(C2CCOC2)cc1)N1CCc2cc(=O)[nH]cc2C1. The number of rotatable bonds is 2.